The number of halogens is 3. The molecule has 0 bridgehead atoms. The minimum absolute atomic E-state index is 0.129. The van der Waals surface area contributed by atoms with Gasteiger partial charge in [-0.15, -0.1) is 13.2 Å². The first kappa shape index (κ1) is 19.5. The van der Waals surface area contributed by atoms with Gasteiger partial charge in [-0.05, 0) is 42.0 Å². The predicted octanol–water partition coefficient (Wildman–Crippen LogP) is 3.68. The summed E-state index contributed by atoms with van der Waals surface area (Å²) in [4.78, 5) is 31.8. The number of hydrogen-bond acceptors (Lipinski definition) is 5. The molecule has 7 nitrogen and oxygen atoms in total. The summed E-state index contributed by atoms with van der Waals surface area (Å²) in [5.41, 5.74) is 7.41. The summed E-state index contributed by atoms with van der Waals surface area (Å²) in [6.07, 6.45) is -4.83. The fourth-order valence-corrected chi connectivity index (χ4v) is 3.33. The van der Waals surface area contributed by atoms with Crippen molar-refractivity contribution in [2.75, 3.05) is 17.2 Å². The summed E-state index contributed by atoms with van der Waals surface area (Å²) in [6.45, 7) is -0.0419. The van der Waals surface area contributed by atoms with E-state index in [9.17, 15) is 22.8 Å². The molecular formula is C20H15F3N4O3. The van der Waals surface area contributed by atoms with Crippen molar-refractivity contribution in [3.63, 3.8) is 0 Å². The molecule has 2 N–H and O–H groups in total. The van der Waals surface area contributed by atoms with Gasteiger partial charge in [0.1, 0.15) is 18.1 Å². The molecule has 4 rings (SSSR count). The van der Waals surface area contributed by atoms with Crippen molar-refractivity contribution in [2.45, 2.75) is 12.9 Å². The molecule has 3 aromatic rings. The van der Waals surface area contributed by atoms with E-state index < -0.39 is 24.1 Å². The van der Waals surface area contributed by atoms with Crippen LogP contribution in [-0.4, -0.2) is 34.7 Å². The molecule has 0 unspecified atom stereocenters. The molecule has 154 valence electrons. The van der Waals surface area contributed by atoms with Gasteiger partial charge in [-0.25, -0.2) is 14.7 Å². The standard InChI is InChI=1S/C20H15F3N4O3/c21-20(22,23)30-14-7-5-13(6-8-14)27-18(28)11-26(19(27)29)10-12-9-17(24)25-16-4-2-1-3-15(12)16/h1-9H,10-11H2,(H2,24,25). The van der Waals surface area contributed by atoms with E-state index in [1.165, 1.54) is 17.0 Å². The van der Waals surface area contributed by atoms with Crippen LogP contribution < -0.4 is 15.4 Å². The minimum atomic E-state index is -4.83. The molecule has 2 aromatic carbocycles. The first-order valence-corrected chi connectivity index (χ1v) is 8.83. The van der Waals surface area contributed by atoms with E-state index in [0.29, 0.717) is 11.3 Å². The highest BCUT2D eigenvalue weighted by molar-refractivity contribution is 6.19. The number of imide groups is 1. The number of urea groups is 1. The second kappa shape index (κ2) is 7.21. The molecule has 0 spiro atoms. The van der Waals surface area contributed by atoms with Gasteiger partial charge in [0, 0.05) is 11.9 Å². The Morgan fingerprint density at radius 1 is 1.07 bits per heavy atom. The lowest BCUT2D eigenvalue weighted by atomic mass is 10.1. The SMILES string of the molecule is Nc1cc(CN2CC(=O)N(c3ccc(OC(F)(F)F)cc3)C2=O)c2ccccc2n1. The summed E-state index contributed by atoms with van der Waals surface area (Å²) < 4.78 is 40.7. The first-order valence-electron chi connectivity index (χ1n) is 8.83. The zero-order chi connectivity index (χ0) is 21.5. The number of para-hydroxylation sites is 1. The molecule has 10 heteroatoms. The number of aromatic nitrogens is 1. The second-order valence-corrected chi connectivity index (χ2v) is 6.63. The van der Waals surface area contributed by atoms with E-state index in [-0.39, 0.29) is 18.8 Å². The highest BCUT2D eigenvalue weighted by Crippen LogP contribution is 2.29. The summed E-state index contributed by atoms with van der Waals surface area (Å²) in [7, 11) is 0. The number of carbonyl (C=O) groups is 2. The topological polar surface area (TPSA) is 88.8 Å². The van der Waals surface area contributed by atoms with Gasteiger partial charge in [-0.1, -0.05) is 18.2 Å². The number of ether oxygens (including phenoxy) is 1. The lowest BCUT2D eigenvalue weighted by molar-refractivity contribution is -0.274. The molecule has 0 saturated carbocycles. The van der Waals surface area contributed by atoms with Gasteiger partial charge in [0.05, 0.1) is 11.2 Å². The number of fused-ring (bicyclic) bond motifs is 1. The van der Waals surface area contributed by atoms with E-state index in [1.54, 1.807) is 12.1 Å². The van der Waals surface area contributed by atoms with Gasteiger partial charge in [-0.3, -0.25) is 4.79 Å². The van der Waals surface area contributed by atoms with Crippen LogP contribution in [0.4, 0.5) is 29.5 Å². The van der Waals surface area contributed by atoms with E-state index in [1.807, 2.05) is 18.2 Å². The maximum absolute atomic E-state index is 12.8. The summed E-state index contributed by atoms with van der Waals surface area (Å²) in [5, 5.41) is 0.805. The number of nitrogen functional groups attached to an aromatic ring is 1. The quantitative estimate of drug-likeness (QED) is 0.656. The molecule has 1 saturated heterocycles. The molecule has 3 amide bonds. The van der Waals surface area contributed by atoms with E-state index in [4.69, 9.17) is 5.73 Å². The third kappa shape index (κ3) is 3.84. The second-order valence-electron chi connectivity index (χ2n) is 6.63. The minimum Gasteiger partial charge on any atom is -0.406 e. The number of pyridine rings is 1. The lowest BCUT2D eigenvalue weighted by Gasteiger charge is -2.18. The molecule has 1 aliphatic rings. The van der Waals surface area contributed by atoms with E-state index >= 15 is 0 Å². The number of nitrogens with zero attached hydrogens (tertiary/aromatic N) is 3. The Labute approximate surface area is 168 Å². The van der Waals surface area contributed by atoms with E-state index in [0.717, 1.165) is 28.0 Å². The van der Waals surface area contributed by atoms with Crippen molar-refractivity contribution in [1.29, 1.82) is 0 Å². The average molecular weight is 416 g/mol. The summed E-state index contributed by atoms with van der Waals surface area (Å²) in [5.74, 6) is -0.643. The van der Waals surface area contributed by atoms with Crippen LogP contribution in [0.5, 0.6) is 5.75 Å². The van der Waals surface area contributed by atoms with Gasteiger partial charge in [-0.2, -0.15) is 0 Å². The van der Waals surface area contributed by atoms with Gasteiger partial charge in [0.25, 0.3) is 5.91 Å². The molecule has 0 aliphatic carbocycles. The van der Waals surface area contributed by atoms with Crippen LogP contribution in [0.2, 0.25) is 0 Å². The Bertz CT molecular complexity index is 1130. The highest BCUT2D eigenvalue weighted by atomic mass is 19.4. The molecule has 1 fully saturated rings. The summed E-state index contributed by atoms with van der Waals surface area (Å²) >= 11 is 0. The predicted molar refractivity (Wildman–Crippen MR) is 103 cm³/mol. The van der Waals surface area contributed by atoms with Crippen molar-refractivity contribution in [3.05, 3.63) is 60.2 Å². The molecule has 30 heavy (non-hydrogen) atoms. The van der Waals surface area contributed by atoms with Gasteiger partial charge in [0.2, 0.25) is 0 Å². The third-order valence-electron chi connectivity index (χ3n) is 4.55. The van der Waals surface area contributed by atoms with Gasteiger partial charge >= 0.3 is 12.4 Å². The number of hydrogen-bond donors (Lipinski definition) is 1. The van der Waals surface area contributed by atoms with E-state index in [2.05, 4.69) is 9.72 Å². The van der Waals surface area contributed by atoms with Crippen LogP contribution in [-0.2, 0) is 11.3 Å². The Hall–Kier alpha value is -3.82. The highest BCUT2D eigenvalue weighted by Gasteiger charge is 2.37. The molecule has 0 radical (unpaired) electrons. The number of rotatable bonds is 4. The number of carbonyl (C=O) groups excluding carboxylic acids is 2. The van der Waals surface area contributed by atoms with Gasteiger partial charge in [0.15, 0.2) is 0 Å². The molecule has 2 heterocycles. The molecule has 1 aliphatic heterocycles. The Kier molecular flexibility index (Phi) is 4.69. The Morgan fingerprint density at radius 2 is 1.77 bits per heavy atom. The number of anilines is 2. The fraction of sp³-hybridized carbons (Fsp3) is 0.150. The van der Waals surface area contributed by atoms with Crippen molar-refractivity contribution in [1.82, 2.24) is 9.88 Å². The lowest BCUT2D eigenvalue weighted by Crippen LogP contribution is -2.32. The monoisotopic (exact) mass is 416 g/mol. The van der Waals surface area contributed by atoms with Crippen LogP contribution in [0.1, 0.15) is 5.56 Å². The normalized spacial score (nSPS) is 14.6. The van der Waals surface area contributed by atoms with Crippen LogP contribution in [0.25, 0.3) is 10.9 Å². The Balaban J connectivity index is 1.57. The average Bonchev–Trinajstić information content (AvgIpc) is 2.94. The maximum Gasteiger partial charge on any atom is 0.573 e. The molecule has 1 aromatic heterocycles. The zero-order valence-electron chi connectivity index (χ0n) is 15.4. The van der Waals surface area contributed by atoms with Crippen molar-refractivity contribution in [2.24, 2.45) is 0 Å². The van der Waals surface area contributed by atoms with Crippen LogP contribution in [0.15, 0.2) is 54.6 Å². The number of nitrogens with two attached hydrogens (primary N) is 1. The number of alkyl halides is 3. The zero-order valence-corrected chi connectivity index (χ0v) is 15.4. The largest absolute Gasteiger partial charge is 0.573 e. The fourth-order valence-electron chi connectivity index (χ4n) is 3.33. The van der Waals surface area contributed by atoms with Crippen molar-refractivity contribution in [3.8, 4) is 5.75 Å². The first-order chi connectivity index (χ1) is 14.2. The smallest absolute Gasteiger partial charge is 0.406 e. The number of amides is 3. The number of benzene rings is 2. The van der Waals surface area contributed by atoms with Crippen LogP contribution >= 0.6 is 0 Å². The van der Waals surface area contributed by atoms with Crippen molar-refractivity contribution < 1.29 is 27.5 Å². The molecule has 0 atom stereocenters. The van der Waals surface area contributed by atoms with Crippen LogP contribution in [0.3, 0.4) is 0 Å². The van der Waals surface area contributed by atoms with Gasteiger partial charge < -0.3 is 15.4 Å². The van der Waals surface area contributed by atoms with Crippen molar-refractivity contribution >= 4 is 34.3 Å². The third-order valence-corrected chi connectivity index (χ3v) is 4.55. The Morgan fingerprint density at radius 3 is 2.47 bits per heavy atom. The maximum atomic E-state index is 12.8. The van der Waals surface area contributed by atoms with Crippen LogP contribution in [0, 0.1) is 0 Å². The summed E-state index contributed by atoms with van der Waals surface area (Å²) in [6, 6.07) is 12.9. The molecular weight excluding hydrogens is 401 g/mol.